The zero-order valence-electron chi connectivity index (χ0n) is 37.6. The van der Waals surface area contributed by atoms with E-state index in [9.17, 15) is 23.2 Å². The number of carbonyl (C=O) groups is 3. The molecule has 0 radical (unpaired) electrons. The van der Waals surface area contributed by atoms with Crippen LogP contribution in [0.5, 0.6) is 0 Å². The maximum atomic E-state index is 14.7. The third kappa shape index (κ3) is 12.2. The van der Waals surface area contributed by atoms with Crippen molar-refractivity contribution >= 4 is 51.8 Å². The van der Waals surface area contributed by atoms with Gasteiger partial charge in [0.15, 0.2) is 10.2 Å². The molecule has 2 amide bonds. The van der Waals surface area contributed by atoms with Crippen molar-refractivity contribution in [1.82, 2.24) is 19.7 Å². The monoisotopic (exact) mass is 896 g/mol. The van der Waals surface area contributed by atoms with Crippen LogP contribution in [0.2, 0.25) is 0 Å². The van der Waals surface area contributed by atoms with Crippen LogP contribution < -0.4 is 10.6 Å². The highest BCUT2D eigenvalue weighted by Crippen LogP contribution is 2.48. The van der Waals surface area contributed by atoms with E-state index < -0.39 is 16.6 Å². The Morgan fingerprint density at radius 1 is 0.710 bits per heavy atom. The quantitative estimate of drug-likeness (QED) is 0.240. The lowest BCUT2D eigenvalue weighted by atomic mass is 9.74. The summed E-state index contributed by atoms with van der Waals surface area (Å²) in [5, 5.41) is 3.45. The molecule has 2 aliphatic carbocycles. The molecule has 0 atom stereocenters. The minimum atomic E-state index is -0.528. The van der Waals surface area contributed by atoms with Crippen molar-refractivity contribution in [3.63, 3.8) is 0 Å². The summed E-state index contributed by atoms with van der Waals surface area (Å²) in [6.45, 7) is 18.3. The first kappa shape index (κ1) is 48.7. The average molecular weight is 897 g/mol. The smallest absolute Gasteiger partial charge is 0.410 e. The zero-order valence-corrected chi connectivity index (χ0v) is 39.3. The van der Waals surface area contributed by atoms with Crippen molar-refractivity contribution in [1.29, 1.82) is 0 Å². The molecule has 7 rings (SSSR count). The summed E-state index contributed by atoms with van der Waals surface area (Å²) in [6.07, 6.45) is 7.69. The Morgan fingerprint density at radius 3 is 1.60 bits per heavy atom. The molecule has 0 spiro atoms. The molecule has 2 aromatic carbocycles. The number of thiazole rings is 1. The summed E-state index contributed by atoms with van der Waals surface area (Å²) in [5.41, 5.74) is 6.10. The molecule has 3 heterocycles. The third-order valence-corrected chi connectivity index (χ3v) is 13.1. The predicted octanol–water partition coefficient (Wildman–Crippen LogP) is 9.60. The Hall–Kier alpha value is -4.37. The summed E-state index contributed by atoms with van der Waals surface area (Å²) in [6, 6.07) is 13.9. The van der Waals surface area contributed by atoms with Gasteiger partial charge in [0.1, 0.15) is 28.6 Å². The van der Waals surface area contributed by atoms with Crippen LogP contribution in [0, 0.1) is 11.6 Å². The van der Waals surface area contributed by atoms with Gasteiger partial charge in [-0.15, -0.1) is 11.3 Å². The summed E-state index contributed by atoms with van der Waals surface area (Å²) in [5.74, 6) is -0.179. The summed E-state index contributed by atoms with van der Waals surface area (Å²) in [4.78, 5) is 48.7. The number of benzene rings is 2. The molecule has 2 aliphatic heterocycles. The van der Waals surface area contributed by atoms with E-state index in [2.05, 4.69) is 10.3 Å². The fourth-order valence-corrected chi connectivity index (χ4v) is 9.99. The number of ketones is 1. The van der Waals surface area contributed by atoms with Crippen LogP contribution in [-0.2, 0) is 25.1 Å². The highest BCUT2D eigenvalue weighted by molar-refractivity contribution is 7.80. The van der Waals surface area contributed by atoms with E-state index in [1.807, 2.05) is 71.6 Å². The molecule has 340 valence electrons. The molecular weight excluding hydrogens is 831 g/mol. The molecular formula is C47H66F2N6O5S2. The van der Waals surface area contributed by atoms with Crippen LogP contribution in [0.25, 0.3) is 0 Å². The molecule has 11 nitrogen and oxygen atoms in total. The normalized spacial score (nSPS) is 18.5. The number of piperazine rings is 2. The number of ether oxygens (including phenoxy) is 2. The minimum Gasteiger partial charge on any atom is -0.444 e. The van der Waals surface area contributed by atoms with E-state index in [0.29, 0.717) is 56.4 Å². The number of nitrogens with two attached hydrogens (primary N) is 1. The maximum Gasteiger partial charge on any atom is 0.410 e. The Balaban J connectivity index is 0.000000192. The topological polar surface area (TPSA) is 122 Å². The number of aromatic nitrogens is 1. The van der Waals surface area contributed by atoms with E-state index in [-0.39, 0.29) is 35.0 Å². The number of Topliss-reactive ketones (excluding diaryl/α,β-unsaturated/α-hetero) is 1. The van der Waals surface area contributed by atoms with Crippen LogP contribution in [0.1, 0.15) is 123 Å². The lowest BCUT2D eigenvalue weighted by Crippen LogP contribution is -2.52. The van der Waals surface area contributed by atoms with Gasteiger partial charge >= 0.3 is 12.2 Å². The lowest BCUT2D eigenvalue weighted by molar-refractivity contribution is -0.124. The van der Waals surface area contributed by atoms with Crippen molar-refractivity contribution in [2.24, 2.45) is 5.73 Å². The Kier molecular flexibility index (Phi) is 16.4. The van der Waals surface area contributed by atoms with Gasteiger partial charge < -0.3 is 34.8 Å². The molecule has 0 bridgehead atoms. The molecule has 4 aliphatic rings. The SMILES string of the molecule is CC(C)(C)OC(=O)N1CCN(C(N)=S)CC1.CC(C)(C)OC(=O)N1CCN(c2nc(C3(c4ccccc4F)CCCC3)cs2)CC1.CCC(=O)C1(c2ccccc2F)CCCC1. The van der Waals surface area contributed by atoms with Crippen LogP contribution >= 0.6 is 23.6 Å². The lowest BCUT2D eigenvalue weighted by Gasteiger charge is -2.35. The maximum absolute atomic E-state index is 14.7. The van der Waals surface area contributed by atoms with E-state index in [4.69, 9.17) is 32.4 Å². The van der Waals surface area contributed by atoms with E-state index in [0.717, 1.165) is 80.8 Å². The predicted molar refractivity (Wildman–Crippen MR) is 246 cm³/mol. The van der Waals surface area contributed by atoms with Gasteiger partial charge in [-0.05, 0) is 97.1 Å². The van der Waals surface area contributed by atoms with E-state index >= 15 is 0 Å². The van der Waals surface area contributed by atoms with Crippen molar-refractivity contribution < 1.29 is 32.6 Å². The van der Waals surface area contributed by atoms with Crippen LogP contribution in [0.3, 0.4) is 0 Å². The van der Waals surface area contributed by atoms with Gasteiger partial charge in [-0.3, -0.25) is 4.79 Å². The van der Waals surface area contributed by atoms with Gasteiger partial charge in [0.05, 0.1) is 11.1 Å². The molecule has 4 fully saturated rings. The number of thiocarbonyl (C=S) groups is 1. The largest absolute Gasteiger partial charge is 0.444 e. The van der Waals surface area contributed by atoms with Crippen LogP contribution in [0.4, 0.5) is 23.5 Å². The zero-order chi connectivity index (χ0) is 45.3. The fraction of sp³-hybridized carbons (Fsp3) is 0.596. The first-order valence-corrected chi connectivity index (χ1v) is 23.3. The average Bonchev–Trinajstić information content (AvgIpc) is 4.04. The molecule has 3 aromatic rings. The van der Waals surface area contributed by atoms with E-state index in [1.165, 1.54) is 6.07 Å². The Labute approximate surface area is 376 Å². The number of halogens is 2. The number of anilines is 1. The molecule has 1 aromatic heterocycles. The highest BCUT2D eigenvalue weighted by atomic mass is 32.1. The standard InChI is InChI=1S/C23H30FN3O2S.C14H17FO.C10H19N3O2S/c1-22(2,3)29-21(28)27-14-12-26(13-15-27)20-25-19(16-30-20)23(10-6-7-11-23)17-8-4-5-9-18(17)24;1-2-13(16)14(9-5-6-10-14)11-7-3-4-8-12(11)15;1-10(2,3)15-9(14)13-6-4-12(5-7-13)8(11)16/h4-5,8-9,16H,6-7,10-15H2,1-3H3;3-4,7-8H,2,5-6,9-10H2,1H3;4-7H2,1-3H3,(H2,11,16). The second-order valence-corrected chi connectivity index (χ2v) is 19.8. The summed E-state index contributed by atoms with van der Waals surface area (Å²) in [7, 11) is 0. The molecule has 15 heteroatoms. The summed E-state index contributed by atoms with van der Waals surface area (Å²) < 4.78 is 39.3. The van der Waals surface area contributed by atoms with Gasteiger partial charge in [-0.1, -0.05) is 69.0 Å². The molecule has 2 saturated heterocycles. The number of carbonyl (C=O) groups excluding carboxylic acids is 3. The van der Waals surface area contributed by atoms with Gasteiger partial charge in [-0.25, -0.2) is 23.4 Å². The number of nitrogens with zero attached hydrogens (tertiary/aromatic N) is 5. The van der Waals surface area contributed by atoms with Crippen LogP contribution in [-0.4, -0.2) is 106 Å². The van der Waals surface area contributed by atoms with Crippen LogP contribution in [0.15, 0.2) is 53.9 Å². The Bertz CT molecular complexity index is 1990. The van der Waals surface area contributed by atoms with Crippen molar-refractivity contribution in [3.8, 4) is 0 Å². The van der Waals surface area contributed by atoms with Gasteiger partial charge in [0.2, 0.25) is 0 Å². The Morgan fingerprint density at radius 2 is 1.15 bits per heavy atom. The molecule has 2 N–H and O–H groups in total. The van der Waals surface area contributed by atoms with Gasteiger partial charge in [0.25, 0.3) is 0 Å². The van der Waals surface area contributed by atoms with Gasteiger partial charge in [-0.2, -0.15) is 0 Å². The van der Waals surface area contributed by atoms with E-state index in [1.54, 1.807) is 45.4 Å². The first-order chi connectivity index (χ1) is 29.3. The molecule has 0 unspecified atom stereocenters. The molecule has 62 heavy (non-hydrogen) atoms. The number of hydrogen-bond donors (Lipinski definition) is 1. The number of amides is 2. The second kappa shape index (κ2) is 20.9. The summed E-state index contributed by atoms with van der Waals surface area (Å²) >= 11 is 6.50. The van der Waals surface area contributed by atoms with Gasteiger partial charge in [0, 0.05) is 75.1 Å². The third-order valence-electron chi connectivity index (χ3n) is 12.0. The number of hydrogen-bond acceptors (Lipinski definition) is 9. The first-order valence-electron chi connectivity index (χ1n) is 22.0. The van der Waals surface area contributed by atoms with Crippen molar-refractivity contribution in [2.75, 3.05) is 57.3 Å². The minimum absolute atomic E-state index is 0.139. The highest BCUT2D eigenvalue weighted by Gasteiger charge is 2.43. The second-order valence-electron chi connectivity index (χ2n) is 18.6. The van der Waals surface area contributed by atoms with Crippen molar-refractivity contribution in [3.05, 3.63) is 82.4 Å². The number of rotatable bonds is 6. The molecule has 2 saturated carbocycles. The van der Waals surface area contributed by atoms with Crippen molar-refractivity contribution in [2.45, 2.75) is 128 Å². The fourth-order valence-electron chi connectivity index (χ4n) is 8.83.